The molecule has 0 aliphatic rings. The predicted molar refractivity (Wildman–Crippen MR) is 154 cm³/mol. The fourth-order valence-corrected chi connectivity index (χ4v) is 4.93. The number of aromatic nitrogens is 3. The molecule has 0 bridgehead atoms. The van der Waals surface area contributed by atoms with Crippen LogP contribution < -0.4 is 16.4 Å². The number of fused-ring (bicyclic) bond motifs is 1. The van der Waals surface area contributed by atoms with Crippen molar-refractivity contribution in [2.75, 3.05) is 29.2 Å². The Balaban J connectivity index is 0.000000681. The van der Waals surface area contributed by atoms with E-state index in [2.05, 4.69) is 20.7 Å². The van der Waals surface area contributed by atoms with Gasteiger partial charge in [0.25, 0.3) is 10.1 Å². The zero-order chi connectivity index (χ0) is 28.9. The number of aliphatic hydroxyl groups is 1. The van der Waals surface area contributed by atoms with Gasteiger partial charge in [0, 0.05) is 50.5 Å². The van der Waals surface area contributed by atoms with E-state index in [1.807, 2.05) is 23.7 Å². The summed E-state index contributed by atoms with van der Waals surface area (Å²) in [6, 6.07) is 12.6. The predicted octanol–water partition coefficient (Wildman–Crippen LogP) is 4.69. The van der Waals surface area contributed by atoms with Crippen LogP contribution in [0.2, 0.25) is 0 Å². The summed E-state index contributed by atoms with van der Waals surface area (Å²) >= 11 is 1.57. The lowest BCUT2D eigenvalue weighted by molar-refractivity contribution is 0.262. The maximum Gasteiger partial charge on any atom is 0.323 e. The summed E-state index contributed by atoms with van der Waals surface area (Å²) in [6.45, 7) is 0.429. The van der Waals surface area contributed by atoms with Gasteiger partial charge in [0.1, 0.15) is 11.6 Å². The SMILES string of the molecule is CS(=O)(=O)O.Nc1ncc(-c2cnn(CCO)c2)c2scc(-c3ccc(NC(=O)Nc4cccc(F)c4)cc3)c12. The number of nitrogen functional groups attached to an aromatic ring is 1. The molecule has 0 radical (unpaired) electrons. The van der Waals surface area contributed by atoms with Crippen LogP contribution in [0.1, 0.15) is 0 Å². The Hall–Kier alpha value is -4.37. The molecule has 5 rings (SSSR count). The summed E-state index contributed by atoms with van der Waals surface area (Å²) in [6.07, 6.45) is 6.07. The second kappa shape index (κ2) is 12.2. The van der Waals surface area contributed by atoms with Crippen molar-refractivity contribution in [3.8, 4) is 22.3 Å². The van der Waals surface area contributed by atoms with Gasteiger partial charge in [0.2, 0.25) is 0 Å². The third-order valence-electron chi connectivity index (χ3n) is 5.43. The number of nitrogens with two attached hydrogens (primary N) is 1. The molecule has 0 aliphatic carbocycles. The zero-order valence-corrected chi connectivity index (χ0v) is 22.7. The largest absolute Gasteiger partial charge is 0.394 e. The Morgan fingerprint density at radius 2 is 1.77 bits per heavy atom. The molecule has 0 spiro atoms. The molecule has 0 unspecified atom stereocenters. The van der Waals surface area contributed by atoms with Crippen LogP contribution in [0.5, 0.6) is 0 Å². The van der Waals surface area contributed by atoms with Crippen LogP contribution in [0.25, 0.3) is 32.3 Å². The maximum atomic E-state index is 13.3. The van der Waals surface area contributed by atoms with Crippen molar-refractivity contribution in [3.63, 3.8) is 0 Å². The number of hydrogen-bond acceptors (Lipinski definition) is 8. The normalized spacial score (nSPS) is 11.1. The number of carbonyl (C=O) groups excluding carboxylic acids is 1. The molecule has 3 aromatic heterocycles. The summed E-state index contributed by atoms with van der Waals surface area (Å²) in [5.74, 6) is 0.00507. The number of nitrogens with zero attached hydrogens (tertiary/aromatic N) is 3. The van der Waals surface area contributed by atoms with Crippen LogP contribution in [0.3, 0.4) is 0 Å². The third kappa shape index (κ3) is 7.39. The fraction of sp³-hybridized carbons (Fsp3) is 0.115. The Kier molecular flexibility index (Phi) is 8.74. The van der Waals surface area contributed by atoms with E-state index in [0.717, 1.165) is 32.3 Å². The lowest BCUT2D eigenvalue weighted by atomic mass is 10.0. The van der Waals surface area contributed by atoms with Gasteiger partial charge in [-0.15, -0.1) is 11.3 Å². The van der Waals surface area contributed by atoms with Gasteiger partial charge in [0.05, 0.1) is 25.6 Å². The molecule has 14 heteroatoms. The zero-order valence-electron chi connectivity index (χ0n) is 21.1. The van der Waals surface area contributed by atoms with Crippen molar-refractivity contribution in [1.29, 1.82) is 0 Å². The van der Waals surface area contributed by atoms with Crippen molar-refractivity contribution in [1.82, 2.24) is 14.8 Å². The molecule has 6 N–H and O–H groups in total. The van der Waals surface area contributed by atoms with Crippen LogP contribution >= 0.6 is 11.3 Å². The minimum atomic E-state index is -3.67. The molecule has 0 saturated carbocycles. The van der Waals surface area contributed by atoms with E-state index >= 15 is 0 Å². The summed E-state index contributed by atoms with van der Waals surface area (Å²) in [5, 5.41) is 21.7. The third-order valence-corrected chi connectivity index (χ3v) is 6.45. The van der Waals surface area contributed by atoms with Gasteiger partial charge in [-0.3, -0.25) is 9.23 Å². The van der Waals surface area contributed by atoms with Crippen molar-refractivity contribution in [2.45, 2.75) is 6.54 Å². The van der Waals surface area contributed by atoms with Crippen LogP contribution in [0, 0.1) is 5.82 Å². The Bertz CT molecular complexity index is 1750. The number of thiophene rings is 1. The molecular weight excluding hydrogens is 559 g/mol. The van der Waals surface area contributed by atoms with Gasteiger partial charge < -0.3 is 21.5 Å². The number of amides is 2. The second-order valence-electron chi connectivity index (χ2n) is 8.53. The molecule has 0 saturated heterocycles. The molecule has 5 aromatic rings. The lowest BCUT2D eigenvalue weighted by Crippen LogP contribution is -2.19. The minimum absolute atomic E-state index is 0.0109. The first-order valence-electron chi connectivity index (χ1n) is 11.7. The van der Waals surface area contributed by atoms with Crippen molar-refractivity contribution in [3.05, 3.63) is 78.3 Å². The van der Waals surface area contributed by atoms with E-state index in [1.54, 1.807) is 46.6 Å². The van der Waals surface area contributed by atoms with E-state index in [9.17, 15) is 17.6 Å². The summed E-state index contributed by atoms with van der Waals surface area (Å²) in [5.41, 5.74) is 10.9. The van der Waals surface area contributed by atoms with Gasteiger partial charge in [-0.25, -0.2) is 14.2 Å². The van der Waals surface area contributed by atoms with Crippen LogP contribution in [0.15, 0.2) is 72.5 Å². The van der Waals surface area contributed by atoms with E-state index < -0.39 is 22.0 Å². The number of carbonyl (C=O) groups is 1. The van der Waals surface area contributed by atoms with Crippen LogP contribution in [0.4, 0.5) is 26.4 Å². The fourth-order valence-electron chi connectivity index (χ4n) is 3.81. The van der Waals surface area contributed by atoms with Crippen molar-refractivity contribution in [2.24, 2.45) is 0 Å². The first-order chi connectivity index (χ1) is 19.0. The van der Waals surface area contributed by atoms with Gasteiger partial charge in [0.15, 0.2) is 0 Å². The van der Waals surface area contributed by atoms with E-state index in [0.29, 0.717) is 30.0 Å². The quantitative estimate of drug-likeness (QED) is 0.179. The van der Waals surface area contributed by atoms with Crippen LogP contribution in [-0.2, 0) is 16.7 Å². The monoisotopic (exact) mass is 584 g/mol. The first-order valence-corrected chi connectivity index (χ1v) is 14.4. The number of pyridine rings is 1. The highest BCUT2D eigenvalue weighted by atomic mass is 32.2. The minimum Gasteiger partial charge on any atom is -0.394 e. The van der Waals surface area contributed by atoms with Crippen molar-refractivity contribution >= 4 is 54.8 Å². The summed E-state index contributed by atoms with van der Waals surface area (Å²) < 4.78 is 41.9. The molecule has 0 aliphatic heterocycles. The highest BCUT2D eigenvalue weighted by Gasteiger charge is 2.16. The molecular formula is C26H25FN6O5S2. The topological polar surface area (TPSA) is 172 Å². The number of nitrogens with one attached hydrogen (secondary N) is 2. The average Bonchev–Trinajstić information content (AvgIpc) is 3.52. The number of benzene rings is 2. The number of aliphatic hydroxyl groups excluding tert-OH is 1. The Morgan fingerprint density at radius 3 is 2.45 bits per heavy atom. The number of hydrogen-bond donors (Lipinski definition) is 5. The average molecular weight is 585 g/mol. The Labute approximate surface area is 232 Å². The smallest absolute Gasteiger partial charge is 0.323 e. The lowest BCUT2D eigenvalue weighted by Gasteiger charge is -2.09. The number of halogens is 1. The highest BCUT2D eigenvalue weighted by molar-refractivity contribution is 7.85. The number of rotatable bonds is 6. The van der Waals surface area contributed by atoms with Gasteiger partial charge in [-0.1, -0.05) is 18.2 Å². The van der Waals surface area contributed by atoms with E-state index in [-0.39, 0.29) is 6.61 Å². The number of anilines is 3. The van der Waals surface area contributed by atoms with Gasteiger partial charge in [-0.05, 0) is 41.3 Å². The summed E-state index contributed by atoms with van der Waals surface area (Å²) in [4.78, 5) is 16.7. The van der Waals surface area contributed by atoms with E-state index in [4.69, 9.17) is 15.4 Å². The first kappa shape index (κ1) is 28.6. The number of urea groups is 1. The molecule has 208 valence electrons. The maximum absolute atomic E-state index is 13.3. The molecule has 2 amide bonds. The summed E-state index contributed by atoms with van der Waals surface area (Å²) in [7, 11) is -3.67. The molecule has 0 atom stereocenters. The molecule has 0 fully saturated rings. The van der Waals surface area contributed by atoms with E-state index in [1.165, 1.54) is 18.2 Å². The molecule has 2 aromatic carbocycles. The molecule has 3 heterocycles. The second-order valence-corrected chi connectivity index (χ2v) is 10.9. The van der Waals surface area contributed by atoms with Crippen molar-refractivity contribution < 1.29 is 27.3 Å². The molecule has 40 heavy (non-hydrogen) atoms. The van der Waals surface area contributed by atoms with Gasteiger partial charge in [-0.2, -0.15) is 13.5 Å². The van der Waals surface area contributed by atoms with Crippen LogP contribution in [-0.4, -0.2) is 51.7 Å². The van der Waals surface area contributed by atoms with Gasteiger partial charge >= 0.3 is 6.03 Å². The Morgan fingerprint density at radius 1 is 1.07 bits per heavy atom. The standard InChI is InChI=1S/C25H21FN6O2S.CH4O3S/c26-17-2-1-3-19(10-17)31-25(34)30-18-6-4-15(5-7-18)21-14-35-23-20(12-28-24(27)22(21)23)16-11-29-32(13-16)8-9-33;1-5(2,3)4/h1-7,10-14,33H,8-9H2,(H2,27,28)(H2,30,31,34);1H3,(H,2,3,4). The highest BCUT2D eigenvalue weighted by Crippen LogP contribution is 2.41. The molecule has 11 nitrogen and oxygen atoms in total.